The largest absolute Gasteiger partial charge is 0.291 e. The predicted octanol–water partition coefficient (Wildman–Crippen LogP) is 3.91. The van der Waals surface area contributed by atoms with Crippen molar-refractivity contribution in [3.05, 3.63) is 89.4 Å². The fourth-order valence-electron chi connectivity index (χ4n) is 2.17. The fourth-order valence-corrected chi connectivity index (χ4v) is 2.99. The van der Waals surface area contributed by atoms with E-state index in [2.05, 4.69) is 6.58 Å². The summed E-state index contributed by atoms with van der Waals surface area (Å²) in [6, 6.07) is 18.3. The molecular formula is C17H16O3S. The summed E-state index contributed by atoms with van der Waals surface area (Å²) >= 11 is 0. The highest BCUT2D eigenvalue weighted by Crippen LogP contribution is 2.31. The van der Waals surface area contributed by atoms with E-state index in [9.17, 15) is 13.0 Å². The number of rotatable bonds is 5. The van der Waals surface area contributed by atoms with E-state index in [1.807, 2.05) is 60.7 Å². The summed E-state index contributed by atoms with van der Waals surface area (Å²) in [5.74, 6) is 0. The molecule has 0 unspecified atom stereocenters. The Balaban J connectivity index is 2.80. The summed E-state index contributed by atoms with van der Waals surface area (Å²) in [7, 11) is -4.31. The molecule has 4 heteroatoms. The van der Waals surface area contributed by atoms with Crippen molar-refractivity contribution in [2.24, 2.45) is 0 Å². The smallest absolute Gasteiger partial charge is 0.282 e. The third-order valence-electron chi connectivity index (χ3n) is 3.04. The van der Waals surface area contributed by atoms with Crippen LogP contribution in [0.3, 0.4) is 0 Å². The highest BCUT2D eigenvalue weighted by Gasteiger charge is 2.20. The molecule has 108 valence electrons. The van der Waals surface area contributed by atoms with Crippen LogP contribution in [0.4, 0.5) is 0 Å². The molecule has 0 radical (unpaired) electrons. The van der Waals surface area contributed by atoms with Gasteiger partial charge in [0.05, 0.1) is 4.91 Å². The summed E-state index contributed by atoms with van der Waals surface area (Å²) in [5, 5.41) is 0. The van der Waals surface area contributed by atoms with Crippen molar-refractivity contribution in [1.82, 2.24) is 0 Å². The van der Waals surface area contributed by atoms with Gasteiger partial charge in [0.25, 0.3) is 10.1 Å². The number of hydrogen-bond acceptors (Lipinski definition) is 2. The molecule has 0 saturated heterocycles. The molecule has 0 aromatic heterocycles. The minimum Gasteiger partial charge on any atom is -0.282 e. The Morgan fingerprint density at radius 2 is 1.38 bits per heavy atom. The van der Waals surface area contributed by atoms with Gasteiger partial charge in [-0.15, -0.1) is 6.58 Å². The lowest BCUT2D eigenvalue weighted by molar-refractivity contribution is 0.490. The molecule has 0 bridgehead atoms. The standard InChI is InChI=1S/C17H16O3S/c1-2-9-16(21(18,19)20)17(14-10-5-3-6-11-14)15-12-7-4-8-13-15/h2-8,10-13H,1,9H2,(H,18,19,20). The second kappa shape index (κ2) is 6.52. The van der Waals surface area contributed by atoms with E-state index >= 15 is 0 Å². The Hall–Kier alpha value is -2.17. The minimum atomic E-state index is -4.31. The topological polar surface area (TPSA) is 54.4 Å². The molecule has 0 spiro atoms. The van der Waals surface area contributed by atoms with E-state index in [0.717, 1.165) is 11.1 Å². The lowest BCUT2D eigenvalue weighted by Crippen LogP contribution is -2.06. The van der Waals surface area contributed by atoms with Gasteiger partial charge in [-0.2, -0.15) is 8.42 Å². The summed E-state index contributed by atoms with van der Waals surface area (Å²) in [6.45, 7) is 3.57. The zero-order chi connectivity index (χ0) is 15.3. The van der Waals surface area contributed by atoms with Gasteiger partial charge in [0.1, 0.15) is 0 Å². The second-order valence-electron chi connectivity index (χ2n) is 4.50. The predicted molar refractivity (Wildman–Crippen MR) is 85.3 cm³/mol. The summed E-state index contributed by atoms with van der Waals surface area (Å²) < 4.78 is 33.1. The molecule has 0 fully saturated rings. The van der Waals surface area contributed by atoms with Crippen molar-refractivity contribution in [3.63, 3.8) is 0 Å². The molecule has 3 nitrogen and oxygen atoms in total. The normalized spacial score (nSPS) is 10.9. The summed E-state index contributed by atoms with van der Waals surface area (Å²) in [5.41, 5.74) is 1.97. The van der Waals surface area contributed by atoms with Crippen molar-refractivity contribution in [2.45, 2.75) is 6.42 Å². The highest BCUT2D eigenvalue weighted by molar-refractivity contribution is 7.90. The summed E-state index contributed by atoms with van der Waals surface area (Å²) in [4.78, 5) is -0.0464. The first kappa shape index (κ1) is 15.2. The molecule has 2 aromatic rings. The van der Waals surface area contributed by atoms with E-state index in [0.29, 0.717) is 5.57 Å². The Morgan fingerprint density at radius 1 is 0.952 bits per heavy atom. The third kappa shape index (κ3) is 3.68. The third-order valence-corrected chi connectivity index (χ3v) is 4.04. The van der Waals surface area contributed by atoms with Gasteiger partial charge in [0.15, 0.2) is 0 Å². The Bertz CT molecular complexity index is 704. The van der Waals surface area contributed by atoms with Crippen LogP contribution in [0.5, 0.6) is 0 Å². The van der Waals surface area contributed by atoms with Crippen LogP contribution in [-0.2, 0) is 10.1 Å². The lowest BCUT2D eigenvalue weighted by Gasteiger charge is -2.13. The lowest BCUT2D eigenvalue weighted by atomic mass is 9.97. The first-order valence-electron chi connectivity index (χ1n) is 6.46. The van der Waals surface area contributed by atoms with Gasteiger partial charge >= 0.3 is 0 Å². The number of benzene rings is 2. The number of hydrogen-bond donors (Lipinski definition) is 1. The SMILES string of the molecule is C=CCC(=C(c1ccccc1)c1ccccc1)S(=O)(=O)O. The van der Waals surface area contributed by atoms with Crippen molar-refractivity contribution in [1.29, 1.82) is 0 Å². The van der Waals surface area contributed by atoms with Crippen molar-refractivity contribution in [3.8, 4) is 0 Å². The Kier molecular flexibility index (Phi) is 4.73. The Labute approximate surface area is 125 Å². The highest BCUT2D eigenvalue weighted by atomic mass is 32.2. The van der Waals surface area contributed by atoms with Crippen molar-refractivity contribution < 1.29 is 13.0 Å². The zero-order valence-electron chi connectivity index (χ0n) is 11.4. The van der Waals surface area contributed by atoms with Gasteiger partial charge in [0.2, 0.25) is 0 Å². The quantitative estimate of drug-likeness (QED) is 0.673. The molecule has 0 atom stereocenters. The fraction of sp³-hybridized carbons (Fsp3) is 0.0588. The van der Waals surface area contributed by atoms with Crippen molar-refractivity contribution >= 4 is 15.7 Å². The van der Waals surface area contributed by atoms with Crippen LogP contribution >= 0.6 is 0 Å². The maximum atomic E-state index is 11.8. The molecular weight excluding hydrogens is 284 g/mol. The molecule has 0 saturated carbocycles. The van der Waals surface area contributed by atoms with Crippen LogP contribution in [0.25, 0.3) is 5.57 Å². The molecule has 0 aliphatic carbocycles. The first-order chi connectivity index (χ1) is 10.0. The molecule has 0 aliphatic heterocycles. The molecule has 1 N–H and O–H groups in total. The second-order valence-corrected chi connectivity index (χ2v) is 5.94. The van der Waals surface area contributed by atoms with Gasteiger partial charge in [-0.25, -0.2) is 0 Å². The van der Waals surface area contributed by atoms with Gasteiger partial charge in [-0.1, -0.05) is 66.7 Å². The van der Waals surface area contributed by atoms with Crippen LogP contribution in [-0.4, -0.2) is 13.0 Å². The van der Waals surface area contributed by atoms with E-state index in [4.69, 9.17) is 0 Å². The molecule has 2 aromatic carbocycles. The van der Waals surface area contributed by atoms with Crippen LogP contribution in [0, 0.1) is 0 Å². The van der Waals surface area contributed by atoms with Crippen LogP contribution in [0.2, 0.25) is 0 Å². The van der Waals surface area contributed by atoms with Gasteiger partial charge in [-0.05, 0) is 11.1 Å². The van der Waals surface area contributed by atoms with Crippen molar-refractivity contribution in [2.75, 3.05) is 0 Å². The molecule has 0 amide bonds. The number of allylic oxidation sites excluding steroid dienone is 2. The van der Waals surface area contributed by atoms with E-state index in [1.54, 1.807) is 0 Å². The van der Waals surface area contributed by atoms with Gasteiger partial charge < -0.3 is 0 Å². The molecule has 0 aliphatic rings. The maximum absolute atomic E-state index is 11.8. The first-order valence-corrected chi connectivity index (χ1v) is 7.90. The molecule has 21 heavy (non-hydrogen) atoms. The van der Waals surface area contributed by atoms with Crippen LogP contribution in [0.15, 0.2) is 78.2 Å². The van der Waals surface area contributed by atoms with E-state index < -0.39 is 10.1 Å². The maximum Gasteiger partial charge on any atom is 0.291 e. The van der Waals surface area contributed by atoms with Crippen LogP contribution < -0.4 is 0 Å². The zero-order valence-corrected chi connectivity index (χ0v) is 12.3. The average Bonchev–Trinajstić information content (AvgIpc) is 2.48. The van der Waals surface area contributed by atoms with Crippen LogP contribution in [0.1, 0.15) is 17.5 Å². The monoisotopic (exact) mass is 300 g/mol. The molecule has 0 heterocycles. The van der Waals surface area contributed by atoms with Gasteiger partial charge in [-0.3, -0.25) is 4.55 Å². The van der Waals surface area contributed by atoms with E-state index in [1.165, 1.54) is 6.08 Å². The van der Waals surface area contributed by atoms with E-state index in [-0.39, 0.29) is 11.3 Å². The molecule has 2 rings (SSSR count). The van der Waals surface area contributed by atoms with Gasteiger partial charge in [0, 0.05) is 12.0 Å². The summed E-state index contributed by atoms with van der Waals surface area (Å²) in [6.07, 6.45) is 1.53. The minimum absolute atomic E-state index is 0.0464. The average molecular weight is 300 g/mol. The Morgan fingerprint density at radius 3 is 1.71 bits per heavy atom.